The molecule has 5 nitrogen and oxygen atoms in total. The first kappa shape index (κ1) is 13.3. The number of rotatable bonds is 3. The number of nitrogens with zero attached hydrogens (tertiary/aromatic N) is 1. The molecule has 5 heteroatoms. The lowest BCUT2D eigenvalue weighted by molar-refractivity contribution is -0.124. The summed E-state index contributed by atoms with van der Waals surface area (Å²) in [5.74, 6) is 1.58. The van der Waals surface area contributed by atoms with Gasteiger partial charge in [0.2, 0.25) is 5.91 Å². The van der Waals surface area contributed by atoms with Crippen LogP contribution in [0.1, 0.15) is 62.7 Å². The molecule has 0 aromatic carbocycles. The minimum absolute atomic E-state index is 0.00181. The Hall–Kier alpha value is -1.36. The van der Waals surface area contributed by atoms with Gasteiger partial charge in [-0.1, -0.05) is 5.16 Å². The fourth-order valence-electron chi connectivity index (χ4n) is 3.85. The van der Waals surface area contributed by atoms with E-state index in [0.717, 1.165) is 49.8 Å². The molecule has 0 radical (unpaired) electrons. The topological polar surface area (TPSA) is 64.4 Å². The van der Waals surface area contributed by atoms with Crippen LogP contribution in [0.4, 0.5) is 5.82 Å². The van der Waals surface area contributed by atoms with E-state index in [2.05, 4.69) is 10.5 Å². The highest BCUT2D eigenvalue weighted by Crippen LogP contribution is 2.46. The van der Waals surface area contributed by atoms with Gasteiger partial charge >= 0.3 is 0 Å². The molecule has 1 unspecified atom stereocenters. The maximum absolute atomic E-state index is 12.2. The number of aryl methyl sites for hydroxylation is 1. The molecular formula is C16H22N2O3. The minimum Gasteiger partial charge on any atom is -0.371 e. The molecule has 1 saturated heterocycles. The average Bonchev–Trinajstić information content (AvgIpc) is 3.04. The van der Waals surface area contributed by atoms with Gasteiger partial charge in [0, 0.05) is 12.0 Å². The first-order valence-corrected chi connectivity index (χ1v) is 8.19. The number of nitrogens with one attached hydrogen (secondary N) is 1. The summed E-state index contributed by atoms with van der Waals surface area (Å²) in [6.45, 7) is 0. The number of aromatic nitrogens is 1. The lowest BCUT2D eigenvalue weighted by atomic mass is 9.78. The van der Waals surface area contributed by atoms with Crippen molar-refractivity contribution >= 4 is 11.7 Å². The highest BCUT2D eigenvalue weighted by molar-refractivity contribution is 5.90. The zero-order valence-electron chi connectivity index (χ0n) is 12.3. The Kier molecular flexibility index (Phi) is 3.25. The van der Waals surface area contributed by atoms with Crippen molar-refractivity contribution in [1.82, 2.24) is 5.16 Å². The number of carbonyl (C=O) groups is 1. The monoisotopic (exact) mass is 290 g/mol. The van der Waals surface area contributed by atoms with Crippen molar-refractivity contribution in [3.05, 3.63) is 11.3 Å². The summed E-state index contributed by atoms with van der Waals surface area (Å²) in [7, 11) is 0. The van der Waals surface area contributed by atoms with Gasteiger partial charge in [0.1, 0.15) is 5.76 Å². The highest BCUT2D eigenvalue weighted by Gasteiger charge is 2.45. The van der Waals surface area contributed by atoms with Crippen molar-refractivity contribution in [3.8, 4) is 0 Å². The Morgan fingerprint density at radius 1 is 1.24 bits per heavy atom. The smallest absolute Gasteiger partial charge is 0.228 e. The Balaban J connectivity index is 1.35. The molecule has 1 aliphatic heterocycles. The van der Waals surface area contributed by atoms with E-state index in [-0.39, 0.29) is 17.6 Å². The van der Waals surface area contributed by atoms with Crippen LogP contribution in [0.2, 0.25) is 0 Å². The van der Waals surface area contributed by atoms with Crippen LogP contribution in [-0.2, 0) is 22.4 Å². The van der Waals surface area contributed by atoms with Crippen LogP contribution < -0.4 is 5.32 Å². The van der Waals surface area contributed by atoms with E-state index in [9.17, 15) is 4.79 Å². The van der Waals surface area contributed by atoms with Crippen molar-refractivity contribution in [2.45, 2.75) is 75.9 Å². The van der Waals surface area contributed by atoms with Crippen molar-refractivity contribution in [1.29, 1.82) is 0 Å². The van der Waals surface area contributed by atoms with Gasteiger partial charge in [-0.05, 0) is 51.4 Å². The SMILES string of the molecule is O=C(CC1CCC2(CCC2)O1)Nc1noc2c1CCCC2. The summed E-state index contributed by atoms with van der Waals surface area (Å²) < 4.78 is 11.4. The maximum Gasteiger partial charge on any atom is 0.228 e. The number of hydrogen-bond donors (Lipinski definition) is 1. The van der Waals surface area contributed by atoms with Crippen LogP contribution in [0.15, 0.2) is 4.52 Å². The van der Waals surface area contributed by atoms with Gasteiger partial charge in [0.05, 0.1) is 18.1 Å². The van der Waals surface area contributed by atoms with Gasteiger partial charge in [-0.3, -0.25) is 4.79 Å². The predicted molar refractivity (Wildman–Crippen MR) is 77.1 cm³/mol. The summed E-state index contributed by atoms with van der Waals surface area (Å²) in [6.07, 6.45) is 10.4. The molecular weight excluding hydrogens is 268 g/mol. The van der Waals surface area contributed by atoms with Gasteiger partial charge in [0.25, 0.3) is 0 Å². The molecule has 4 rings (SSSR count). The molecule has 2 aliphatic carbocycles. The fourth-order valence-corrected chi connectivity index (χ4v) is 3.85. The van der Waals surface area contributed by atoms with Crippen molar-refractivity contribution in [2.75, 3.05) is 5.32 Å². The first-order valence-electron chi connectivity index (χ1n) is 8.19. The van der Waals surface area contributed by atoms with Crippen LogP contribution in [-0.4, -0.2) is 22.8 Å². The van der Waals surface area contributed by atoms with Gasteiger partial charge in [0.15, 0.2) is 5.82 Å². The van der Waals surface area contributed by atoms with E-state index in [0.29, 0.717) is 12.2 Å². The Morgan fingerprint density at radius 3 is 2.86 bits per heavy atom. The largest absolute Gasteiger partial charge is 0.371 e. The number of fused-ring (bicyclic) bond motifs is 1. The van der Waals surface area contributed by atoms with Crippen molar-refractivity contribution < 1.29 is 14.1 Å². The zero-order chi connectivity index (χ0) is 14.3. The first-order chi connectivity index (χ1) is 10.2. The van der Waals surface area contributed by atoms with E-state index >= 15 is 0 Å². The molecule has 114 valence electrons. The quantitative estimate of drug-likeness (QED) is 0.929. The molecule has 3 aliphatic rings. The van der Waals surface area contributed by atoms with Crippen LogP contribution in [0.3, 0.4) is 0 Å². The molecule has 1 N–H and O–H groups in total. The third-order valence-corrected chi connectivity index (χ3v) is 5.22. The number of ether oxygens (including phenoxy) is 1. The normalized spacial score (nSPS) is 26.4. The molecule has 1 spiro atoms. The second-order valence-electron chi connectivity index (χ2n) is 6.71. The maximum atomic E-state index is 12.2. The molecule has 1 atom stereocenters. The molecule has 2 fully saturated rings. The van der Waals surface area contributed by atoms with Crippen LogP contribution >= 0.6 is 0 Å². The third kappa shape index (κ3) is 2.48. The molecule has 1 amide bonds. The Labute approximate surface area is 124 Å². The summed E-state index contributed by atoms with van der Waals surface area (Å²) in [5, 5.41) is 6.94. The minimum atomic E-state index is -0.00181. The van der Waals surface area contributed by atoms with Crippen LogP contribution in [0.5, 0.6) is 0 Å². The summed E-state index contributed by atoms with van der Waals surface area (Å²) >= 11 is 0. The van der Waals surface area contributed by atoms with E-state index in [1.165, 1.54) is 19.3 Å². The standard InChI is InChI=1S/C16H22N2O3/c19-14(10-11-6-9-16(20-11)7-3-8-16)17-15-12-4-1-2-5-13(12)21-18-15/h11H,1-10H2,(H,17,18,19). The lowest BCUT2D eigenvalue weighted by Gasteiger charge is -2.37. The summed E-state index contributed by atoms with van der Waals surface area (Å²) in [4.78, 5) is 12.2. The van der Waals surface area contributed by atoms with Gasteiger partial charge in [-0.2, -0.15) is 0 Å². The molecule has 1 saturated carbocycles. The second-order valence-corrected chi connectivity index (χ2v) is 6.71. The van der Waals surface area contributed by atoms with Gasteiger partial charge in [-0.15, -0.1) is 0 Å². The Bertz CT molecular complexity index is 548. The van der Waals surface area contributed by atoms with E-state index in [1.54, 1.807) is 0 Å². The van der Waals surface area contributed by atoms with E-state index in [4.69, 9.17) is 9.26 Å². The van der Waals surface area contributed by atoms with Gasteiger partial charge in [-0.25, -0.2) is 0 Å². The molecule has 0 bridgehead atoms. The molecule has 2 heterocycles. The lowest BCUT2D eigenvalue weighted by Crippen LogP contribution is -2.37. The summed E-state index contributed by atoms with van der Waals surface area (Å²) in [6, 6.07) is 0. The second kappa shape index (κ2) is 5.13. The van der Waals surface area contributed by atoms with Crippen LogP contribution in [0, 0.1) is 0 Å². The molecule has 21 heavy (non-hydrogen) atoms. The number of anilines is 1. The predicted octanol–water partition coefficient (Wildman–Crippen LogP) is 2.98. The van der Waals surface area contributed by atoms with Gasteiger partial charge < -0.3 is 14.6 Å². The molecule has 1 aromatic heterocycles. The van der Waals surface area contributed by atoms with E-state index < -0.39 is 0 Å². The highest BCUT2D eigenvalue weighted by atomic mass is 16.5. The average molecular weight is 290 g/mol. The van der Waals surface area contributed by atoms with E-state index in [1.807, 2.05) is 0 Å². The molecule has 1 aromatic rings. The fraction of sp³-hybridized carbons (Fsp3) is 0.750. The summed E-state index contributed by atoms with van der Waals surface area (Å²) in [5.41, 5.74) is 1.22. The third-order valence-electron chi connectivity index (χ3n) is 5.22. The zero-order valence-corrected chi connectivity index (χ0v) is 12.3. The van der Waals surface area contributed by atoms with Crippen LogP contribution in [0.25, 0.3) is 0 Å². The Morgan fingerprint density at radius 2 is 2.10 bits per heavy atom. The number of amides is 1. The number of carbonyl (C=O) groups excluding carboxylic acids is 1. The number of hydrogen-bond acceptors (Lipinski definition) is 4. The van der Waals surface area contributed by atoms with Crippen molar-refractivity contribution in [2.24, 2.45) is 0 Å². The van der Waals surface area contributed by atoms with Crippen molar-refractivity contribution in [3.63, 3.8) is 0 Å².